The van der Waals surface area contributed by atoms with Crippen LogP contribution in [0.25, 0.3) is 11.1 Å². The Kier molecular flexibility index (Phi) is 5.48. The number of hydrogen-bond acceptors (Lipinski definition) is 3. The molecule has 1 aliphatic rings. The molecule has 3 aromatic carbocycles. The van der Waals surface area contributed by atoms with Gasteiger partial charge in [-0.1, -0.05) is 72.8 Å². The Morgan fingerprint density at radius 2 is 1.57 bits per heavy atom. The van der Waals surface area contributed by atoms with Gasteiger partial charge in [0, 0.05) is 11.1 Å². The van der Waals surface area contributed by atoms with E-state index in [9.17, 15) is 4.79 Å². The third-order valence-electron chi connectivity index (χ3n) is 4.83. The molecule has 0 unspecified atom stereocenters. The van der Waals surface area contributed by atoms with E-state index in [1.54, 1.807) is 0 Å². The van der Waals surface area contributed by atoms with Crippen molar-refractivity contribution in [2.75, 3.05) is 6.61 Å². The molecule has 0 saturated heterocycles. The summed E-state index contributed by atoms with van der Waals surface area (Å²) >= 11 is 0. The molecule has 0 aliphatic heterocycles. The fourth-order valence-electron chi connectivity index (χ4n) is 3.47. The number of rotatable bonds is 5. The molecule has 4 nitrogen and oxygen atoms in total. The van der Waals surface area contributed by atoms with Crippen LogP contribution in [0.5, 0.6) is 5.75 Å². The molecule has 4 rings (SSSR count). The summed E-state index contributed by atoms with van der Waals surface area (Å²) in [7, 11) is 0. The molecule has 0 aromatic heterocycles. The Bertz CT molecular complexity index is 996. The Morgan fingerprint density at radius 3 is 2.43 bits per heavy atom. The molecule has 140 valence electrons. The molecule has 0 radical (unpaired) electrons. The average molecular weight is 370 g/mol. The molecule has 0 spiro atoms. The summed E-state index contributed by atoms with van der Waals surface area (Å²) in [5.41, 5.74) is 8.01. The second-order valence-corrected chi connectivity index (χ2v) is 6.76. The fraction of sp³-hybridized carbons (Fsp3) is 0.167. The zero-order valence-electron chi connectivity index (χ0n) is 15.6. The van der Waals surface area contributed by atoms with Crippen LogP contribution in [-0.2, 0) is 11.2 Å². The van der Waals surface area contributed by atoms with Gasteiger partial charge in [0.15, 0.2) is 6.61 Å². The van der Waals surface area contributed by atoms with Gasteiger partial charge >= 0.3 is 0 Å². The zero-order valence-corrected chi connectivity index (χ0v) is 15.6. The highest BCUT2D eigenvalue weighted by Crippen LogP contribution is 2.29. The Balaban J connectivity index is 1.41. The van der Waals surface area contributed by atoms with Crippen LogP contribution in [0.3, 0.4) is 0 Å². The van der Waals surface area contributed by atoms with E-state index in [0.29, 0.717) is 5.75 Å². The maximum absolute atomic E-state index is 12.3. The lowest BCUT2D eigenvalue weighted by Crippen LogP contribution is -2.27. The highest BCUT2D eigenvalue weighted by Gasteiger charge is 2.15. The van der Waals surface area contributed by atoms with Crippen molar-refractivity contribution in [1.82, 2.24) is 5.43 Å². The normalized spacial score (nSPS) is 14.4. The predicted molar refractivity (Wildman–Crippen MR) is 111 cm³/mol. The van der Waals surface area contributed by atoms with Crippen molar-refractivity contribution in [2.45, 2.75) is 19.3 Å². The molecule has 0 heterocycles. The van der Waals surface area contributed by atoms with Crippen LogP contribution in [0.1, 0.15) is 24.0 Å². The second-order valence-electron chi connectivity index (χ2n) is 6.76. The zero-order chi connectivity index (χ0) is 19.2. The van der Waals surface area contributed by atoms with Crippen molar-refractivity contribution in [1.29, 1.82) is 0 Å². The molecule has 4 heteroatoms. The first kappa shape index (κ1) is 18.0. The summed E-state index contributed by atoms with van der Waals surface area (Å²) in [5, 5.41) is 4.35. The van der Waals surface area contributed by atoms with Crippen LogP contribution in [0, 0.1) is 0 Å². The standard InChI is InChI=1S/C24H22N2O2/c27-24(26-25-22-15-8-12-18-11-4-5-13-20(18)22)17-28-23-16-7-6-14-21(23)19-9-2-1-3-10-19/h1-7,9-11,13-14,16H,8,12,15,17H2,(H,26,27). The number of carbonyl (C=O) groups is 1. The highest BCUT2D eigenvalue weighted by atomic mass is 16.5. The Morgan fingerprint density at radius 1 is 0.857 bits per heavy atom. The van der Waals surface area contributed by atoms with Crippen LogP contribution < -0.4 is 10.2 Å². The number of aryl methyl sites for hydroxylation is 1. The van der Waals surface area contributed by atoms with E-state index in [1.165, 1.54) is 5.56 Å². The number of ether oxygens (including phenoxy) is 1. The number of nitrogens with one attached hydrogen (secondary N) is 1. The van der Waals surface area contributed by atoms with Crippen LogP contribution in [0.2, 0.25) is 0 Å². The topological polar surface area (TPSA) is 50.7 Å². The molecule has 0 atom stereocenters. The quantitative estimate of drug-likeness (QED) is 0.668. The van der Waals surface area contributed by atoms with Crippen molar-refractivity contribution in [3.63, 3.8) is 0 Å². The monoisotopic (exact) mass is 370 g/mol. The smallest absolute Gasteiger partial charge is 0.277 e. The molecule has 3 aromatic rings. The average Bonchev–Trinajstić information content (AvgIpc) is 2.77. The number of nitrogens with zero attached hydrogens (tertiary/aromatic N) is 1. The second kappa shape index (κ2) is 8.53. The van der Waals surface area contributed by atoms with Gasteiger partial charge in [0.25, 0.3) is 5.91 Å². The van der Waals surface area contributed by atoms with Crippen molar-refractivity contribution in [3.05, 3.63) is 90.0 Å². The van der Waals surface area contributed by atoms with E-state index in [-0.39, 0.29) is 12.5 Å². The van der Waals surface area contributed by atoms with E-state index in [0.717, 1.165) is 41.7 Å². The molecule has 0 fully saturated rings. The number of fused-ring (bicyclic) bond motifs is 1. The van der Waals surface area contributed by atoms with Gasteiger partial charge in [0.1, 0.15) is 5.75 Å². The number of hydrogen-bond donors (Lipinski definition) is 1. The van der Waals surface area contributed by atoms with Crippen LogP contribution >= 0.6 is 0 Å². The molecular formula is C24H22N2O2. The minimum atomic E-state index is -0.265. The van der Waals surface area contributed by atoms with E-state index in [1.807, 2.05) is 66.7 Å². The largest absolute Gasteiger partial charge is 0.483 e. The van der Waals surface area contributed by atoms with E-state index in [2.05, 4.69) is 22.7 Å². The van der Waals surface area contributed by atoms with E-state index in [4.69, 9.17) is 4.74 Å². The molecule has 0 bridgehead atoms. The van der Waals surface area contributed by atoms with Crippen LogP contribution in [0.15, 0.2) is 84.0 Å². The first-order valence-electron chi connectivity index (χ1n) is 9.52. The number of hydrazone groups is 1. The molecule has 0 saturated carbocycles. The van der Waals surface area contributed by atoms with Gasteiger partial charge in [-0.25, -0.2) is 5.43 Å². The maximum atomic E-state index is 12.3. The number of amides is 1. The highest BCUT2D eigenvalue weighted by molar-refractivity contribution is 6.03. The van der Waals surface area contributed by atoms with E-state index >= 15 is 0 Å². The number of carbonyl (C=O) groups excluding carboxylic acids is 1. The minimum Gasteiger partial charge on any atom is -0.483 e. The van der Waals surface area contributed by atoms with Crippen molar-refractivity contribution in [3.8, 4) is 16.9 Å². The van der Waals surface area contributed by atoms with Crippen LogP contribution in [0.4, 0.5) is 0 Å². The molecule has 1 aliphatic carbocycles. The summed E-state index contributed by atoms with van der Waals surface area (Å²) in [6.45, 7) is -0.0811. The first-order chi connectivity index (χ1) is 13.8. The van der Waals surface area contributed by atoms with Gasteiger partial charge in [-0.3, -0.25) is 4.79 Å². The predicted octanol–water partition coefficient (Wildman–Crippen LogP) is 4.59. The third-order valence-corrected chi connectivity index (χ3v) is 4.83. The fourth-order valence-corrected chi connectivity index (χ4v) is 3.47. The lowest BCUT2D eigenvalue weighted by molar-refractivity contribution is -0.123. The van der Waals surface area contributed by atoms with Gasteiger partial charge in [-0.2, -0.15) is 5.10 Å². The van der Waals surface area contributed by atoms with E-state index < -0.39 is 0 Å². The minimum absolute atomic E-state index is 0.0811. The molecular weight excluding hydrogens is 348 g/mol. The van der Waals surface area contributed by atoms with Crippen molar-refractivity contribution >= 4 is 11.6 Å². The lowest BCUT2D eigenvalue weighted by atomic mass is 9.90. The molecule has 1 N–H and O–H groups in total. The third kappa shape index (κ3) is 4.12. The van der Waals surface area contributed by atoms with Gasteiger partial charge < -0.3 is 4.74 Å². The number of benzene rings is 3. The summed E-state index contributed by atoms with van der Waals surface area (Å²) in [5.74, 6) is 0.415. The summed E-state index contributed by atoms with van der Waals surface area (Å²) in [4.78, 5) is 12.3. The number of para-hydroxylation sites is 1. The maximum Gasteiger partial charge on any atom is 0.277 e. The summed E-state index contributed by atoms with van der Waals surface area (Å²) < 4.78 is 5.78. The Labute approximate surface area is 164 Å². The van der Waals surface area contributed by atoms with Gasteiger partial charge in [0.05, 0.1) is 5.71 Å². The van der Waals surface area contributed by atoms with Crippen molar-refractivity contribution in [2.24, 2.45) is 5.10 Å². The van der Waals surface area contributed by atoms with Gasteiger partial charge in [-0.05, 0) is 36.5 Å². The Hall–Kier alpha value is -3.40. The summed E-state index contributed by atoms with van der Waals surface area (Å²) in [6.07, 6.45) is 2.98. The SMILES string of the molecule is O=C(COc1ccccc1-c1ccccc1)NN=C1CCCc2ccccc21. The van der Waals surface area contributed by atoms with Gasteiger partial charge in [-0.15, -0.1) is 0 Å². The molecule has 1 amide bonds. The first-order valence-corrected chi connectivity index (χ1v) is 9.52. The molecule has 28 heavy (non-hydrogen) atoms. The van der Waals surface area contributed by atoms with Gasteiger partial charge in [0.2, 0.25) is 0 Å². The summed E-state index contributed by atoms with van der Waals surface area (Å²) in [6, 6.07) is 25.9. The van der Waals surface area contributed by atoms with Crippen molar-refractivity contribution < 1.29 is 9.53 Å². The lowest BCUT2D eigenvalue weighted by Gasteiger charge is -2.17. The van der Waals surface area contributed by atoms with Crippen LogP contribution in [-0.4, -0.2) is 18.2 Å².